The van der Waals surface area contributed by atoms with Crippen LogP contribution >= 0.6 is 0 Å². The summed E-state index contributed by atoms with van der Waals surface area (Å²) in [5, 5.41) is 0. The van der Waals surface area contributed by atoms with Crippen molar-refractivity contribution < 1.29 is 13.9 Å². The summed E-state index contributed by atoms with van der Waals surface area (Å²) in [6.45, 7) is 19.7. The summed E-state index contributed by atoms with van der Waals surface area (Å²) in [6, 6.07) is 0. The first-order valence-electron chi connectivity index (χ1n) is 8.73. The smallest absolute Gasteiger partial charge is 0.302 e. The molecule has 0 fully saturated rings. The van der Waals surface area contributed by atoms with E-state index in [1.165, 1.54) is 6.92 Å². The van der Waals surface area contributed by atoms with Crippen molar-refractivity contribution in [2.75, 3.05) is 6.61 Å². The zero-order valence-corrected chi connectivity index (χ0v) is 16.3. The molecule has 0 aromatic rings. The normalized spacial score (nSPS) is 12.9. The molecule has 0 spiro atoms. The first-order valence-corrected chi connectivity index (χ1v) is 8.73. The summed E-state index contributed by atoms with van der Waals surface area (Å²) in [5.74, 6) is 0.244. The number of esters is 1. The summed E-state index contributed by atoms with van der Waals surface area (Å²) in [7, 11) is 0. The zero-order valence-electron chi connectivity index (χ0n) is 16.3. The summed E-state index contributed by atoms with van der Waals surface area (Å²) in [6.07, 6.45) is 1.34. The summed E-state index contributed by atoms with van der Waals surface area (Å²) >= 11 is 0. The van der Waals surface area contributed by atoms with Gasteiger partial charge in [0, 0.05) is 6.92 Å². The van der Waals surface area contributed by atoms with E-state index in [1.54, 1.807) is 0 Å². The molecule has 0 aliphatic rings. The Kier molecular flexibility index (Phi) is 33.2. The summed E-state index contributed by atoms with van der Waals surface area (Å²) in [5.41, 5.74) is 0. The van der Waals surface area contributed by atoms with Crippen LogP contribution in [0.3, 0.4) is 0 Å². The minimum absolute atomic E-state index is 0.105. The maximum atomic E-state index is 13.5. The Morgan fingerprint density at radius 3 is 1.67 bits per heavy atom. The molecule has 3 atom stereocenters. The molecule has 0 aromatic heterocycles. The molecular weight excluding hydrogens is 267 g/mol. The summed E-state index contributed by atoms with van der Waals surface area (Å²) in [4.78, 5) is 10.5. The summed E-state index contributed by atoms with van der Waals surface area (Å²) < 4.78 is 18.3. The van der Waals surface area contributed by atoms with Crippen molar-refractivity contribution in [1.29, 1.82) is 0 Å². The van der Waals surface area contributed by atoms with Crippen LogP contribution in [-0.4, -0.2) is 18.7 Å². The van der Waals surface area contributed by atoms with Crippen LogP contribution in [0.4, 0.5) is 4.39 Å². The Balaban J connectivity index is -0.000000212. The van der Waals surface area contributed by atoms with Gasteiger partial charge in [-0.2, -0.15) is 0 Å². The van der Waals surface area contributed by atoms with E-state index < -0.39 is 6.17 Å². The highest BCUT2D eigenvalue weighted by Crippen LogP contribution is 2.18. The second kappa shape index (κ2) is 24.4. The van der Waals surface area contributed by atoms with Crippen LogP contribution in [0.15, 0.2) is 0 Å². The lowest BCUT2D eigenvalue weighted by Gasteiger charge is -2.17. The number of hydrogen-bond donors (Lipinski definition) is 0. The van der Waals surface area contributed by atoms with Crippen molar-refractivity contribution in [3.63, 3.8) is 0 Å². The van der Waals surface area contributed by atoms with Crippen molar-refractivity contribution in [2.45, 2.75) is 94.7 Å². The maximum Gasteiger partial charge on any atom is 0.302 e. The number of hydrogen-bond acceptors (Lipinski definition) is 2. The highest BCUT2D eigenvalue weighted by Gasteiger charge is 2.15. The van der Waals surface area contributed by atoms with Gasteiger partial charge in [-0.25, -0.2) is 4.39 Å². The first-order chi connectivity index (χ1) is 9.95. The van der Waals surface area contributed by atoms with E-state index in [9.17, 15) is 9.18 Å². The van der Waals surface area contributed by atoms with Crippen LogP contribution in [0, 0.1) is 11.8 Å². The van der Waals surface area contributed by atoms with Gasteiger partial charge in [-0.3, -0.25) is 4.79 Å². The molecule has 0 bridgehead atoms. The molecule has 0 radical (unpaired) electrons. The monoisotopic (exact) mass is 308 g/mol. The van der Waals surface area contributed by atoms with Crippen LogP contribution in [0.1, 0.15) is 88.5 Å². The van der Waals surface area contributed by atoms with Crippen LogP contribution in [0.25, 0.3) is 0 Å². The fourth-order valence-corrected chi connectivity index (χ4v) is 1.46. The number of rotatable bonds is 7. The lowest BCUT2D eigenvalue weighted by atomic mass is 9.96. The predicted molar refractivity (Wildman–Crippen MR) is 93.4 cm³/mol. The molecule has 0 N–H and O–H groups in total. The van der Waals surface area contributed by atoms with Gasteiger partial charge in [0.2, 0.25) is 0 Å². The van der Waals surface area contributed by atoms with Gasteiger partial charge in [0.05, 0.1) is 6.61 Å². The Labute approximate surface area is 133 Å². The van der Waals surface area contributed by atoms with Gasteiger partial charge in [-0.15, -0.1) is 0 Å². The van der Waals surface area contributed by atoms with Crippen LogP contribution in [-0.2, 0) is 9.53 Å². The average Bonchev–Trinajstić information content (AvgIpc) is 2.51. The molecule has 3 unspecified atom stereocenters. The third-order valence-electron chi connectivity index (χ3n) is 2.58. The predicted octanol–water partition coefficient (Wildman–Crippen LogP) is 6.43. The van der Waals surface area contributed by atoms with E-state index in [0.29, 0.717) is 25.4 Å². The Morgan fingerprint density at radius 2 is 1.33 bits per heavy atom. The van der Waals surface area contributed by atoms with E-state index >= 15 is 0 Å². The lowest BCUT2D eigenvalue weighted by molar-refractivity contribution is -0.142. The number of carbonyl (C=O) groups excluding carboxylic acids is 1. The number of halogens is 1. The molecule has 21 heavy (non-hydrogen) atoms. The van der Waals surface area contributed by atoms with Crippen molar-refractivity contribution in [3.8, 4) is 0 Å². The third-order valence-corrected chi connectivity index (χ3v) is 2.58. The standard InChI is InChI=1S/C12H23FO2.3C2H6/c1-5-9(2)6-12(13)7-10(3)8-15-11(4)14;3*1-2/h9-10,12H,5-8H2,1-4H3;3*1-2H3. The minimum atomic E-state index is -0.773. The Hall–Kier alpha value is -0.600. The van der Waals surface area contributed by atoms with Gasteiger partial charge in [-0.1, -0.05) is 68.7 Å². The van der Waals surface area contributed by atoms with E-state index in [0.717, 1.165) is 6.42 Å². The molecule has 0 saturated carbocycles. The topological polar surface area (TPSA) is 26.3 Å². The zero-order chi connectivity index (χ0) is 17.8. The van der Waals surface area contributed by atoms with Gasteiger partial charge in [0.15, 0.2) is 0 Å². The largest absolute Gasteiger partial charge is 0.466 e. The fourth-order valence-electron chi connectivity index (χ4n) is 1.46. The number of carbonyl (C=O) groups is 1. The maximum absolute atomic E-state index is 13.5. The molecule has 0 aliphatic heterocycles. The van der Waals surface area contributed by atoms with E-state index in [-0.39, 0.29) is 11.9 Å². The molecule has 0 rings (SSSR count). The van der Waals surface area contributed by atoms with Gasteiger partial charge >= 0.3 is 5.97 Å². The molecule has 0 heterocycles. The lowest BCUT2D eigenvalue weighted by Crippen LogP contribution is -2.16. The van der Waals surface area contributed by atoms with Crippen LogP contribution < -0.4 is 0 Å². The Bertz CT molecular complexity index is 184. The molecular formula is C18H41FO2. The molecule has 0 aliphatic carbocycles. The second-order valence-corrected chi connectivity index (χ2v) is 4.49. The molecule has 0 aromatic carbocycles. The van der Waals surface area contributed by atoms with Crippen molar-refractivity contribution in [1.82, 2.24) is 0 Å². The van der Waals surface area contributed by atoms with Crippen molar-refractivity contribution >= 4 is 5.97 Å². The van der Waals surface area contributed by atoms with Crippen molar-refractivity contribution in [3.05, 3.63) is 0 Å². The van der Waals surface area contributed by atoms with Crippen LogP contribution in [0.2, 0.25) is 0 Å². The fraction of sp³-hybridized carbons (Fsp3) is 0.944. The molecule has 132 valence electrons. The van der Waals surface area contributed by atoms with E-state index in [4.69, 9.17) is 4.74 Å². The van der Waals surface area contributed by atoms with Gasteiger partial charge in [0.25, 0.3) is 0 Å². The Morgan fingerprint density at radius 1 is 0.952 bits per heavy atom. The molecule has 3 heteroatoms. The van der Waals surface area contributed by atoms with Crippen LogP contribution in [0.5, 0.6) is 0 Å². The second-order valence-electron chi connectivity index (χ2n) is 4.49. The van der Waals surface area contributed by atoms with Gasteiger partial charge in [0.1, 0.15) is 6.17 Å². The highest BCUT2D eigenvalue weighted by atomic mass is 19.1. The third kappa shape index (κ3) is 28.3. The SMILES string of the molecule is CC.CC.CC.CCC(C)CC(F)CC(C)COC(C)=O. The molecule has 2 nitrogen and oxygen atoms in total. The van der Waals surface area contributed by atoms with E-state index in [2.05, 4.69) is 13.8 Å². The first kappa shape index (κ1) is 28.5. The van der Waals surface area contributed by atoms with Gasteiger partial charge < -0.3 is 4.74 Å². The quantitative estimate of drug-likeness (QED) is 0.507. The molecule has 0 saturated heterocycles. The number of ether oxygens (including phenoxy) is 1. The number of alkyl halides is 1. The average molecular weight is 309 g/mol. The molecule has 0 amide bonds. The van der Waals surface area contributed by atoms with Crippen molar-refractivity contribution in [2.24, 2.45) is 11.8 Å². The van der Waals surface area contributed by atoms with Gasteiger partial charge in [-0.05, 0) is 24.7 Å². The minimum Gasteiger partial charge on any atom is -0.466 e. The highest BCUT2D eigenvalue weighted by molar-refractivity contribution is 5.65. The van der Waals surface area contributed by atoms with E-state index in [1.807, 2.05) is 48.5 Å².